The highest BCUT2D eigenvalue weighted by Crippen LogP contribution is 2.11. The Bertz CT molecular complexity index is 577. The van der Waals surface area contributed by atoms with Gasteiger partial charge in [-0.05, 0) is 44.9 Å². The van der Waals surface area contributed by atoms with Crippen LogP contribution in [0.3, 0.4) is 0 Å². The topological polar surface area (TPSA) is 62.7 Å². The standard InChI is InChI=1S/C15H20FN5/c1-15(2,3)20-14-19-13(10-18-21-14)17-9-8-11-4-6-12(16)7-5-11/h4-7,10H,8-9H2,1-3H3,(H2,17,19,20,21). The summed E-state index contributed by atoms with van der Waals surface area (Å²) in [4.78, 5) is 4.35. The van der Waals surface area contributed by atoms with Crippen LogP contribution in [-0.4, -0.2) is 27.3 Å². The fraction of sp³-hybridized carbons (Fsp3) is 0.400. The van der Waals surface area contributed by atoms with Crippen molar-refractivity contribution in [2.24, 2.45) is 0 Å². The van der Waals surface area contributed by atoms with Gasteiger partial charge in [-0.2, -0.15) is 10.1 Å². The molecule has 6 heteroatoms. The summed E-state index contributed by atoms with van der Waals surface area (Å²) < 4.78 is 12.8. The van der Waals surface area contributed by atoms with E-state index in [0.717, 1.165) is 12.0 Å². The van der Waals surface area contributed by atoms with Crippen molar-refractivity contribution < 1.29 is 4.39 Å². The summed E-state index contributed by atoms with van der Waals surface area (Å²) in [6, 6.07) is 6.49. The molecule has 0 bridgehead atoms. The fourth-order valence-corrected chi connectivity index (χ4v) is 1.76. The maximum absolute atomic E-state index is 12.8. The first-order valence-corrected chi connectivity index (χ1v) is 6.89. The average molecular weight is 289 g/mol. The Hall–Kier alpha value is -2.24. The Morgan fingerprint density at radius 3 is 2.52 bits per heavy atom. The van der Waals surface area contributed by atoms with E-state index in [0.29, 0.717) is 18.3 Å². The maximum Gasteiger partial charge on any atom is 0.245 e. The van der Waals surface area contributed by atoms with Gasteiger partial charge in [0, 0.05) is 12.1 Å². The summed E-state index contributed by atoms with van der Waals surface area (Å²) in [5.74, 6) is 0.942. The van der Waals surface area contributed by atoms with Crippen LogP contribution < -0.4 is 10.6 Å². The predicted molar refractivity (Wildman–Crippen MR) is 81.8 cm³/mol. The number of hydrogen-bond donors (Lipinski definition) is 2. The second-order valence-electron chi connectivity index (χ2n) is 5.84. The van der Waals surface area contributed by atoms with Crippen molar-refractivity contribution in [1.82, 2.24) is 15.2 Å². The number of halogens is 1. The summed E-state index contributed by atoms with van der Waals surface area (Å²) in [5.41, 5.74) is 0.952. The zero-order valence-corrected chi connectivity index (χ0v) is 12.5. The molecule has 0 saturated carbocycles. The van der Waals surface area contributed by atoms with Crippen molar-refractivity contribution in [3.63, 3.8) is 0 Å². The van der Waals surface area contributed by atoms with E-state index in [-0.39, 0.29) is 11.4 Å². The van der Waals surface area contributed by atoms with Gasteiger partial charge < -0.3 is 10.6 Å². The minimum absolute atomic E-state index is 0.117. The lowest BCUT2D eigenvalue weighted by atomic mass is 10.1. The number of rotatable bonds is 5. The van der Waals surface area contributed by atoms with E-state index in [1.165, 1.54) is 12.1 Å². The van der Waals surface area contributed by atoms with Crippen LogP contribution in [0.1, 0.15) is 26.3 Å². The molecule has 1 aromatic heterocycles. The molecule has 0 saturated heterocycles. The Morgan fingerprint density at radius 2 is 1.86 bits per heavy atom. The smallest absolute Gasteiger partial charge is 0.245 e. The van der Waals surface area contributed by atoms with Crippen LogP contribution in [0.4, 0.5) is 16.2 Å². The van der Waals surface area contributed by atoms with Gasteiger partial charge in [-0.15, -0.1) is 5.10 Å². The first kappa shape index (κ1) is 15.2. The molecular formula is C15H20FN5. The van der Waals surface area contributed by atoms with Gasteiger partial charge in [0.1, 0.15) is 5.82 Å². The summed E-state index contributed by atoms with van der Waals surface area (Å²) in [7, 11) is 0. The second kappa shape index (κ2) is 6.47. The summed E-state index contributed by atoms with van der Waals surface area (Å²) in [5, 5.41) is 14.2. The first-order valence-electron chi connectivity index (χ1n) is 6.89. The zero-order chi connectivity index (χ0) is 15.3. The molecule has 0 radical (unpaired) electrons. The van der Waals surface area contributed by atoms with Gasteiger partial charge in [0.05, 0.1) is 6.20 Å². The van der Waals surface area contributed by atoms with Crippen LogP contribution in [-0.2, 0) is 6.42 Å². The van der Waals surface area contributed by atoms with E-state index < -0.39 is 0 Å². The van der Waals surface area contributed by atoms with Crippen LogP contribution in [0, 0.1) is 5.82 Å². The number of nitrogens with one attached hydrogen (secondary N) is 2. The van der Waals surface area contributed by atoms with Crippen LogP contribution >= 0.6 is 0 Å². The van der Waals surface area contributed by atoms with E-state index in [1.54, 1.807) is 18.3 Å². The third-order valence-corrected chi connectivity index (χ3v) is 2.68. The number of anilines is 2. The molecule has 1 heterocycles. The monoisotopic (exact) mass is 289 g/mol. The highest BCUT2D eigenvalue weighted by atomic mass is 19.1. The number of benzene rings is 1. The number of nitrogens with zero attached hydrogens (tertiary/aromatic N) is 3. The van der Waals surface area contributed by atoms with Crippen molar-refractivity contribution in [3.8, 4) is 0 Å². The van der Waals surface area contributed by atoms with E-state index in [1.807, 2.05) is 20.8 Å². The molecule has 0 atom stereocenters. The van der Waals surface area contributed by atoms with Crippen molar-refractivity contribution >= 4 is 11.8 Å². The van der Waals surface area contributed by atoms with Gasteiger partial charge in [-0.3, -0.25) is 0 Å². The molecule has 112 valence electrons. The van der Waals surface area contributed by atoms with Crippen LogP contribution in [0.2, 0.25) is 0 Å². The molecule has 0 unspecified atom stereocenters. The van der Waals surface area contributed by atoms with E-state index in [2.05, 4.69) is 25.8 Å². The second-order valence-corrected chi connectivity index (χ2v) is 5.84. The largest absolute Gasteiger partial charge is 0.368 e. The fourth-order valence-electron chi connectivity index (χ4n) is 1.76. The highest BCUT2D eigenvalue weighted by Gasteiger charge is 2.11. The molecule has 0 aliphatic carbocycles. The number of aromatic nitrogens is 3. The van der Waals surface area contributed by atoms with Crippen molar-refractivity contribution in [2.45, 2.75) is 32.7 Å². The molecule has 0 aliphatic rings. The van der Waals surface area contributed by atoms with Gasteiger partial charge in [-0.25, -0.2) is 4.39 Å². The SMILES string of the molecule is CC(C)(C)Nc1nncc(NCCc2ccc(F)cc2)n1. The van der Waals surface area contributed by atoms with Crippen LogP contribution in [0.25, 0.3) is 0 Å². The molecule has 0 fully saturated rings. The van der Waals surface area contributed by atoms with Gasteiger partial charge in [-0.1, -0.05) is 12.1 Å². The quantitative estimate of drug-likeness (QED) is 0.886. The molecular weight excluding hydrogens is 269 g/mol. The van der Waals surface area contributed by atoms with Crippen molar-refractivity contribution in [1.29, 1.82) is 0 Å². The summed E-state index contributed by atoms with van der Waals surface area (Å²) in [6.07, 6.45) is 2.37. The Balaban J connectivity index is 1.88. The van der Waals surface area contributed by atoms with Gasteiger partial charge in [0.25, 0.3) is 0 Å². The van der Waals surface area contributed by atoms with E-state index in [4.69, 9.17) is 0 Å². The average Bonchev–Trinajstić information content (AvgIpc) is 2.39. The number of hydrogen-bond acceptors (Lipinski definition) is 5. The summed E-state index contributed by atoms with van der Waals surface area (Å²) in [6.45, 7) is 6.79. The van der Waals surface area contributed by atoms with E-state index in [9.17, 15) is 4.39 Å². The molecule has 0 spiro atoms. The highest BCUT2D eigenvalue weighted by molar-refractivity contribution is 5.38. The van der Waals surface area contributed by atoms with Gasteiger partial charge in [0.2, 0.25) is 5.95 Å². The molecule has 0 amide bonds. The minimum atomic E-state index is -0.218. The lowest BCUT2D eigenvalue weighted by molar-refractivity contribution is 0.623. The summed E-state index contributed by atoms with van der Waals surface area (Å²) >= 11 is 0. The molecule has 2 rings (SSSR count). The third-order valence-electron chi connectivity index (χ3n) is 2.68. The van der Waals surface area contributed by atoms with Crippen LogP contribution in [0.15, 0.2) is 30.5 Å². The van der Waals surface area contributed by atoms with Crippen molar-refractivity contribution in [2.75, 3.05) is 17.2 Å². The van der Waals surface area contributed by atoms with Crippen LogP contribution in [0.5, 0.6) is 0 Å². The van der Waals surface area contributed by atoms with Gasteiger partial charge >= 0.3 is 0 Å². The van der Waals surface area contributed by atoms with Gasteiger partial charge in [0.15, 0.2) is 5.82 Å². The first-order chi connectivity index (χ1) is 9.92. The normalized spacial score (nSPS) is 11.2. The lowest BCUT2D eigenvalue weighted by Gasteiger charge is -2.20. The predicted octanol–water partition coefficient (Wildman–Crippen LogP) is 2.88. The zero-order valence-electron chi connectivity index (χ0n) is 12.5. The van der Waals surface area contributed by atoms with E-state index >= 15 is 0 Å². The molecule has 1 aromatic carbocycles. The molecule has 5 nitrogen and oxygen atoms in total. The Morgan fingerprint density at radius 1 is 1.14 bits per heavy atom. The lowest BCUT2D eigenvalue weighted by Crippen LogP contribution is -2.27. The minimum Gasteiger partial charge on any atom is -0.368 e. The third kappa shape index (κ3) is 5.33. The molecule has 2 N–H and O–H groups in total. The maximum atomic E-state index is 12.8. The van der Waals surface area contributed by atoms with Crippen molar-refractivity contribution in [3.05, 3.63) is 41.8 Å². The Kier molecular flexibility index (Phi) is 4.67. The molecule has 2 aromatic rings. The Labute approximate surface area is 124 Å². The molecule has 21 heavy (non-hydrogen) atoms. The molecule has 0 aliphatic heterocycles.